The Morgan fingerprint density at radius 2 is 1.78 bits per heavy atom. The number of unbranched alkanes of at least 4 members (excludes halogenated alkanes) is 2. The first kappa shape index (κ1) is 16.6. The van der Waals surface area contributed by atoms with E-state index in [-0.39, 0.29) is 32.7 Å². The van der Waals surface area contributed by atoms with Crippen molar-refractivity contribution >= 4 is 0 Å². The number of hydrogen-bond acceptors (Lipinski definition) is 1. The SMILES string of the molecule is [CH2-]CCCC.[CH2-]NC.[Y]. The van der Waals surface area contributed by atoms with Crippen LogP contribution in [0.15, 0.2) is 0 Å². The first-order valence-electron chi connectivity index (χ1n) is 3.06. The largest absolute Gasteiger partial charge is 0.475 e. The maximum absolute atomic E-state index is 3.68. The van der Waals surface area contributed by atoms with Crippen molar-refractivity contribution in [3.63, 3.8) is 0 Å². The normalized spacial score (nSPS) is 6.67. The van der Waals surface area contributed by atoms with Crippen LogP contribution in [-0.4, -0.2) is 7.05 Å². The summed E-state index contributed by atoms with van der Waals surface area (Å²) >= 11 is 0. The molecule has 0 amide bonds. The van der Waals surface area contributed by atoms with Gasteiger partial charge in [0.25, 0.3) is 0 Å². The summed E-state index contributed by atoms with van der Waals surface area (Å²) in [5, 5.41) is 2.50. The summed E-state index contributed by atoms with van der Waals surface area (Å²) in [6.07, 6.45) is 3.65. The quantitative estimate of drug-likeness (QED) is 0.678. The second kappa shape index (κ2) is 23.0. The Hall–Kier alpha value is 1.06. The van der Waals surface area contributed by atoms with Gasteiger partial charge in [-0.15, -0.1) is 0 Å². The average molecular weight is 204 g/mol. The molecular weight excluding hydrogens is 187 g/mol. The Kier molecular flexibility index (Phi) is 42.3. The Morgan fingerprint density at radius 1 is 1.44 bits per heavy atom. The molecule has 0 saturated carbocycles. The summed E-state index contributed by atoms with van der Waals surface area (Å²) in [5.74, 6) is 0. The molecule has 1 N–H and O–H groups in total. The summed E-state index contributed by atoms with van der Waals surface area (Å²) in [6, 6.07) is 0. The zero-order valence-electron chi connectivity index (χ0n) is 6.61. The minimum atomic E-state index is 0. The van der Waals surface area contributed by atoms with Crippen molar-refractivity contribution in [3.05, 3.63) is 14.0 Å². The molecule has 0 rings (SSSR count). The van der Waals surface area contributed by atoms with Gasteiger partial charge in [0, 0.05) is 32.7 Å². The van der Waals surface area contributed by atoms with Crippen LogP contribution in [0.4, 0.5) is 0 Å². The number of hydrogen-bond donors (Lipinski definition) is 1. The van der Waals surface area contributed by atoms with Crippen LogP contribution in [0.1, 0.15) is 26.2 Å². The monoisotopic (exact) mass is 204 g/mol. The van der Waals surface area contributed by atoms with Gasteiger partial charge in [-0.2, -0.15) is 6.42 Å². The Bertz CT molecular complexity index is 22.9. The van der Waals surface area contributed by atoms with Gasteiger partial charge in [0.1, 0.15) is 0 Å². The molecule has 0 saturated heterocycles. The molecule has 0 aromatic carbocycles. The van der Waals surface area contributed by atoms with Crippen LogP contribution in [0, 0.1) is 14.0 Å². The molecule has 0 aliphatic rings. The molecule has 1 nitrogen and oxygen atoms in total. The first-order valence-corrected chi connectivity index (χ1v) is 3.06. The van der Waals surface area contributed by atoms with Crippen LogP contribution in [0.5, 0.6) is 0 Å². The topological polar surface area (TPSA) is 12.0 Å². The van der Waals surface area contributed by atoms with Crippen LogP contribution in [-0.2, 0) is 32.7 Å². The fraction of sp³-hybridized carbons (Fsp3) is 0.714. The molecule has 0 aromatic rings. The Morgan fingerprint density at radius 3 is 1.78 bits per heavy atom. The van der Waals surface area contributed by atoms with Gasteiger partial charge >= 0.3 is 0 Å². The van der Waals surface area contributed by atoms with Gasteiger partial charge in [-0.1, -0.05) is 19.8 Å². The maximum atomic E-state index is 3.68. The van der Waals surface area contributed by atoms with Crippen LogP contribution < -0.4 is 5.32 Å². The molecule has 0 aliphatic carbocycles. The van der Waals surface area contributed by atoms with Gasteiger partial charge in [0.2, 0.25) is 0 Å². The zero-order chi connectivity index (χ0) is 6.83. The van der Waals surface area contributed by atoms with Gasteiger partial charge in [0.05, 0.1) is 0 Å². The second-order valence-electron chi connectivity index (χ2n) is 1.56. The van der Waals surface area contributed by atoms with Crippen molar-refractivity contribution in [2.45, 2.75) is 26.2 Å². The third-order valence-corrected chi connectivity index (χ3v) is 0.604. The molecule has 0 aromatic heterocycles. The maximum Gasteiger partial charge on any atom is 0 e. The van der Waals surface area contributed by atoms with Gasteiger partial charge < -0.3 is 12.2 Å². The smallest absolute Gasteiger partial charge is 0 e. The van der Waals surface area contributed by atoms with E-state index in [9.17, 15) is 0 Å². The Balaban J connectivity index is -0.0000000800. The summed E-state index contributed by atoms with van der Waals surface area (Å²) in [6.45, 7) is 5.85. The minimum absolute atomic E-state index is 0. The van der Waals surface area contributed by atoms with E-state index in [1.165, 1.54) is 12.8 Å². The Labute approximate surface area is 84.9 Å². The molecule has 55 valence electrons. The van der Waals surface area contributed by atoms with E-state index in [0.717, 1.165) is 6.42 Å². The standard InChI is InChI=1S/C5H11.C2H6N.Y/c1-3-5-4-2;1-3-2;/h1,3-5H2,2H3;3H,1H2,2H3;/q2*-1;. The molecule has 0 bridgehead atoms. The molecular formula is C7H17NY-2. The molecule has 0 heterocycles. The van der Waals surface area contributed by atoms with Crippen LogP contribution in [0.25, 0.3) is 0 Å². The van der Waals surface area contributed by atoms with E-state index in [2.05, 4.69) is 26.2 Å². The van der Waals surface area contributed by atoms with Gasteiger partial charge in [-0.05, 0) is 7.05 Å². The molecule has 0 fully saturated rings. The van der Waals surface area contributed by atoms with Crippen LogP contribution >= 0.6 is 0 Å². The van der Waals surface area contributed by atoms with Crippen molar-refractivity contribution in [1.82, 2.24) is 5.32 Å². The van der Waals surface area contributed by atoms with E-state index in [1.54, 1.807) is 7.05 Å². The summed E-state index contributed by atoms with van der Waals surface area (Å²) < 4.78 is 0. The van der Waals surface area contributed by atoms with Gasteiger partial charge in [0.15, 0.2) is 0 Å². The van der Waals surface area contributed by atoms with Crippen LogP contribution in [0.2, 0.25) is 0 Å². The molecule has 2 heteroatoms. The third kappa shape index (κ3) is 48.2. The first-order chi connectivity index (χ1) is 3.83. The van der Waals surface area contributed by atoms with E-state index < -0.39 is 0 Å². The van der Waals surface area contributed by atoms with Gasteiger partial charge in [-0.3, -0.25) is 7.05 Å². The molecule has 0 aliphatic heterocycles. The van der Waals surface area contributed by atoms with Crippen molar-refractivity contribution in [3.8, 4) is 0 Å². The van der Waals surface area contributed by atoms with E-state index in [4.69, 9.17) is 0 Å². The van der Waals surface area contributed by atoms with Crippen molar-refractivity contribution < 1.29 is 32.7 Å². The third-order valence-electron chi connectivity index (χ3n) is 0.604. The molecule has 0 unspecified atom stereocenters. The van der Waals surface area contributed by atoms with Crippen molar-refractivity contribution in [2.75, 3.05) is 7.05 Å². The predicted molar refractivity (Wildman–Crippen MR) is 39.3 cm³/mol. The van der Waals surface area contributed by atoms with Crippen LogP contribution in [0.3, 0.4) is 0 Å². The molecule has 9 heavy (non-hydrogen) atoms. The molecule has 0 atom stereocenters. The summed E-state index contributed by atoms with van der Waals surface area (Å²) in [7, 11) is 5.00. The fourth-order valence-electron chi connectivity index (χ4n) is 0.250. The van der Waals surface area contributed by atoms with Crippen molar-refractivity contribution in [2.24, 2.45) is 0 Å². The number of nitrogens with one attached hydrogen (secondary N) is 1. The van der Waals surface area contributed by atoms with E-state index >= 15 is 0 Å². The van der Waals surface area contributed by atoms with E-state index in [0.29, 0.717) is 0 Å². The summed E-state index contributed by atoms with van der Waals surface area (Å²) in [4.78, 5) is 0. The number of rotatable bonds is 2. The molecule has 0 spiro atoms. The second-order valence-corrected chi connectivity index (χ2v) is 1.56. The van der Waals surface area contributed by atoms with Crippen molar-refractivity contribution in [1.29, 1.82) is 0 Å². The average Bonchev–Trinajstić information content (AvgIpc) is 1.71. The predicted octanol–water partition coefficient (Wildman–Crippen LogP) is 2.01. The molecule has 1 radical (unpaired) electrons. The fourth-order valence-corrected chi connectivity index (χ4v) is 0.250. The minimum Gasteiger partial charge on any atom is -0.475 e. The summed E-state index contributed by atoms with van der Waals surface area (Å²) in [5.41, 5.74) is 0. The zero-order valence-corrected chi connectivity index (χ0v) is 9.45. The van der Waals surface area contributed by atoms with E-state index in [1.807, 2.05) is 0 Å². The van der Waals surface area contributed by atoms with Gasteiger partial charge in [-0.25, -0.2) is 0 Å².